The van der Waals surface area contributed by atoms with Gasteiger partial charge in [-0.25, -0.2) is 0 Å². The molecule has 1 saturated heterocycles. The van der Waals surface area contributed by atoms with E-state index in [1.165, 1.54) is 6.07 Å². The Hall–Kier alpha value is -1.26. The first-order valence-electron chi connectivity index (χ1n) is 4.95. The lowest BCUT2D eigenvalue weighted by Crippen LogP contribution is -2.09. The molecule has 1 aromatic rings. The van der Waals surface area contributed by atoms with Gasteiger partial charge in [0.15, 0.2) is 0 Å². The molecule has 82 valence electrons. The van der Waals surface area contributed by atoms with Crippen molar-refractivity contribution in [3.63, 3.8) is 0 Å². The van der Waals surface area contributed by atoms with Crippen LogP contribution in [0.4, 0.5) is 0 Å². The molecule has 15 heavy (non-hydrogen) atoms. The summed E-state index contributed by atoms with van der Waals surface area (Å²) in [5.41, 5.74) is 0.767. The highest BCUT2D eigenvalue weighted by molar-refractivity contribution is 5.41. The molecule has 0 spiro atoms. The summed E-state index contributed by atoms with van der Waals surface area (Å²) < 4.78 is 5.33. The molecular formula is C11H14O4. The molecule has 2 unspecified atom stereocenters. The average molecular weight is 210 g/mol. The van der Waals surface area contributed by atoms with E-state index in [-0.39, 0.29) is 30.1 Å². The van der Waals surface area contributed by atoms with E-state index in [1.807, 2.05) is 0 Å². The van der Waals surface area contributed by atoms with Gasteiger partial charge in [0, 0.05) is 12.0 Å². The van der Waals surface area contributed by atoms with E-state index in [2.05, 4.69) is 0 Å². The van der Waals surface area contributed by atoms with Crippen LogP contribution in [0.3, 0.4) is 0 Å². The maximum atomic E-state index is 9.63. The van der Waals surface area contributed by atoms with E-state index in [1.54, 1.807) is 12.1 Å². The highest BCUT2D eigenvalue weighted by atomic mass is 16.5. The van der Waals surface area contributed by atoms with Crippen molar-refractivity contribution >= 4 is 0 Å². The van der Waals surface area contributed by atoms with Crippen LogP contribution < -0.4 is 0 Å². The second-order valence-electron chi connectivity index (χ2n) is 3.81. The Morgan fingerprint density at radius 2 is 2.13 bits per heavy atom. The van der Waals surface area contributed by atoms with Crippen LogP contribution in [0.25, 0.3) is 0 Å². The van der Waals surface area contributed by atoms with Crippen LogP contribution in [0.1, 0.15) is 17.9 Å². The summed E-state index contributed by atoms with van der Waals surface area (Å²) in [5.74, 6) is 0.235. The zero-order valence-electron chi connectivity index (χ0n) is 8.26. The van der Waals surface area contributed by atoms with Gasteiger partial charge in [-0.2, -0.15) is 0 Å². The second-order valence-corrected chi connectivity index (χ2v) is 3.81. The van der Waals surface area contributed by atoms with Gasteiger partial charge >= 0.3 is 0 Å². The van der Waals surface area contributed by atoms with Crippen molar-refractivity contribution in [1.82, 2.24) is 0 Å². The largest absolute Gasteiger partial charge is 0.508 e. The molecule has 1 aliphatic heterocycles. The minimum absolute atomic E-state index is 0.00927. The normalized spacial score (nSPS) is 25.7. The number of rotatable bonds is 2. The Balaban J connectivity index is 2.17. The van der Waals surface area contributed by atoms with E-state index in [0.29, 0.717) is 13.0 Å². The minimum Gasteiger partial charge on any atom is -0.508 e. The molecule has 0 saturated carbocycles. The summed E-state index contributed by atoms with van der Waals surface area (Å²) in [5, 5.41) is 27.7. The number of aromatic hydroxyl groups is 2. The van der Waals surface area contributed by atoms with Crippen LogP contribution in [-0.4, -0.2) is 34.6 Å². The molecule has 4 heteroatoms. The van der Waals surface area contributed by atoms with E-state index < -0.39 is 0 Å². The molecule has 1 aromatic carbocycles. The van der Waals surface area contributed by atoms with Gasteiger partial charge in [0.2, 0.25) is 0 Å². The molecule has 0 aliphatic carbocycles. The zero-order chi connectivity index (χ0) is 10.8. The van der Waals surface area contributed by atoms with Crippen molar-refractivity contribution in [3.05, 3.63) is 23.8 Å². The molecule has 1 fully saturated rings. The molecule has 2 atom stereocenters. The lowest BCUT2D eigenvalue weighted by molar-refractivity contribution is 0.0584. The van der Waals surface area contributed by atoms with Gasteiger partial charge in [0.1, 0.15) is 11.5 Å². The summed E-state index contributed by atoms with van der Waals surface area (Å²) in [4.78, 5) is 0. The molecule has 3 N–H and O–H groups in total. The van der Waals surface area contributed by atoms with Gasteiger partial charge in [-0.15, -0.1) is 0 Å². The minimum atomic E-state index is -0.136. The monoisotopic (exact) mass is 210 g/mol. The number of benzene rings is 1. The first kappa shape index (κ1) is 10.3. The van der Waals surface area contributed by atoms with Crippen molar-refractivity contribution in [2.75, 3.05) is 13.2 Å². The van der Waals surface area contributed by atoms with Crippen LogP contribution >= 0.6 is 0 Å². The summed E-state index contributed by atoms with van der Waals surface area (Å²) in [7, 11) is 0. The Bertz CT molecular complexity index is 350. The third-order valence-electron chi connectivity index (χ3n) is 2.74. The molecule has 0 aromatic heterocycles. The van der Waals surface area contributed by atoms with Gasteiger partial charge < -0.3 is 20.1 Å². The summed E-state index contributed by atoms with van der Waals surface area (Å²) >= 11 is 0. The van der Waals surface area contributed by atoms with E-state index in [9.17, 15) is 5.11 Å². The third-order valence-corrected chi connectivity index (χ3v) is 2.74. The van der Waals surface area contributed by atoms with Crippen LogP contribution in [0, 0.1) is 0 Å². The quantitative estimate of drug-likeness (QED) is 0.680. The maximum Gasteiger partial charge on any atom is 0.122 e. The fraction of sp³-hybridized carbons (Fsp3) is 0.455. The number of ether oxygens (including phenoxy) is 1. The van der Waals surface area contributed by atoms with Crippen molar-refractivity contribution in [2.24, 2.45) is 0 Å². The second kappa shape index (κ2) is 4.08. The topological polar surface area (TPSA) is 69.9 Å². The SMILES string of the molecule is OCC1CC(c2ccc(O)cc2O)CO1. The Labute approximate surface area is 87.7 Å². The van der Waals surface area contributed by atoms with Crippen LogP contribution in [0.2, 0.25) is 0 Å². The molecule has 0 radical (unpaired) electrons. The molecule has 1 heterocycles. The number of hydrogen-bond acceptors (Lipinski definition) is 4. The molecular weight excluding hydrogens is 196 g/mol. The summed E-state index contributed by atoms with van der Waals surface area (Å²) in [6.07, 6.45) is 0.567. The Morgan fingerprint density at radius 1 is 1.33 bits per heavy atom. The number of phenolic OH excluding ortho intramolecular Hbond substituents is 2. The summed E-state index contributed by atoms with van der Waals surface area (Å²) in [6, 6.07) is 4.56. The highest BCUT2D eigenvalue weighted by Crippen LogP contribution is 2.35. The van der Waals surface area contributed by atoms with Gasteiger partial charge in [-0.05, 0) is 18.1 Å². The van der Waals surface area contributed by atoms with Crippen LogP contribution in [-0.2, 0) is 4.74 Å². The van der Waals surface area contributed by atoms with Crippen LogP contribution in [0.5, 0.6) is 11.5 Å². The number of hydrogen-bond donors (Lipinski definition) is 3. The predicted octanol–water partition coefficient (Wildman–Crippen LogP) is 0.963. The standard InChI is InChI=1S/C11H14O4/c12-5-9-3-7(6-15-9)10-2-1-8(13)4-11(10)14/h1-2,4,7,9,12-14H,3,5-6H2. The molecule has 1 aliphatic rings. The molecule has 4 nitrogen and oxygen atoms in total. The highest BCUT2D eigenvalue weighted by Gasteiger charge is 2.27. The third kappa shape index (κ3) is 2.06. The zero-order valence-corrected chi connectivity index (χ0v) is 8.26. The van der Waals surface area contributed by atoms with Crippen molar-refractivity contribution in [3.8, 4) is 11.5 Å². The van der Waals surface area contributed by atoms with Gasteiger partial charge in [0.25, 0.3) is 0 Å². The lowest BCUT2D eigenvalue weighted by Gasteiger charge is -2.10. The fourth-order valence-electron chi connectivity index (χ4n) is 1.93. The lowest BCUT2D eigenvalue weighted by atomic mass is 9.95. The van der Waals surface area contributed by atoms with E-state index in [4.69, 9.17) is 14.9 Å². The number of aliphatic hydroxyl groups excluding tert-OH is 1. The molecule has 0 amide bonds. The van der Waals surface area contributed by atoms with E-state index >= 15 is 0 Å². The average Bonchev–Trinajstić information content (AvgIpc) is 2.66. The first-order valence-corrected chi connectivity index (χ1v) is 4.95. The Morgan fingerprint density at radius 3 is 2.73 bits per heavy atom. The van der Waals surface area contributed by atoms with Gasteiger partial charge in [-0.1, -0.05) is 6.07 Å². The van der Waals surface area contributed by atoms with Crippen molar-refractivity contribution in [2.45, 2.75) is 18.4 Å². The Kier molecular flexibility index (Phi) is 2.79. The van der Waals surface area contributed by atoms with Crippen LogP contribution in [0.15, 0.2) is 18.2 Å². The predicted molar refractivity (Wildman–Crippen MR) is 54.0 cm³/mol. The summed E-state index contributed by atoms with van der Waals surface area (Å²) in [6.45, 7) is 0.513. The van der Waals surface area contributed by atoms with Gasteiger partial charge in [-0.3, -0.25) is 0 Å². The molecule has 2 rings (SSSR count). The van der Waals surface area contributed by atoms with E-state index in [0.717, 1.165) is 5.56 Å². The number of aliphatic hydroxyl groups is 1. The van der Waals surface area contributed by atoms with Crippen molar-refractivity contribution in [1.29, 1.82) is 0 Å². The smallest absolute Gasteiger partial charge is 0.122 e. The fourth-order valence-corrected chi connectivity index (χ4v) is 1.93. The maximum absolute atomic E-state index is 9.63. The van der Waals surface area contributed by atoms with Gasteiger partial charge in [0.05, 0.1) is 19.3 Å². The first-order chi connectivity index (χ1) is 7.20. The number of phenols is 2. The molecule has 0 bridgehead atoms. The van der Waals surface area contributed by atoms with Crippen molar-refractivity contribution < 1.29 is 20.1 Å².